The molecule has 3 aromatic rings. The summed E-state index contributed by atoms with van der Waals surface area (Å²) in [7, 11) is 1.63. The minimum atomic E-state index is -0.290. The highest BCUT2D eigenvalue weighted by atomic mass is 35.5. The van der Waals surface area contributed by atoms with Crippen LogP contribution in [0.25, 0.3) is 11.1 Å². The maximum absolute atomic E-state index is 10.4. The van der Waals surface area contributed by atoms with Crippen molar-refractivity contribution < 1.29 is 9.84 Å². The first-order valence-electron chi connectivity index (χ1n) is 7.60. The Morgan fingerprint density at radius 2 is 1.60 bits per heavy atom. The summed E-state index contributed by atoms with van der Waals surface area (Å²) in [5, 5.41) is 10.1. The number of nitrogen functional groups attached to an aromatic ring is 1. The van der Waals surface area contributed by atoms with Crippen LogP contribution in [-0.4, -0.2) is 12.2 Å². The number of ether oxygens (including phenoxy) is 1. The van der Waals surface area contributed by atoms with Crippen molar-refractivity contribution in [3.05, 3.63) is 77.9 Å². The standard InChI is InChI=1S/C20H19NO2S.ClH/c1-23-16-9-7-14(8-10-16)20(24)17-11-15(12-18(21)19(17)22)13-5-3-2-4-6-13;/h2-12,20,22,24H,21H2,1H3;1H. The minimum absolute atomic E-state index is 0. The molecule has 0 spiro atoms. The number of halogens is 1. The normalized spacial score (nSPS) is 11.4. The Kier molecular flexibility index (Phi) is 6.23. The van der Waals surface area contributed by atoms with E-state index in [0.29, 0.717) is 11.3 Å². The van der Waals surface area contributed by atoms with E-state index in [1.807, 2.05) is 60.7 Å². The van der Waals surface area contributed by atoms with Gasteiger partial charge in [-0.05, 0) is 41.0 Å². The van der Waals surface area contributed by atoms with E-state index in [9.17, 15) is 5.11 Å². The predicted molar refractivity (Wildman–Crippen MR) is 109 cm³/mol. The van der Waals surface area contributed by atoms with E-state index >= 15 is 0 Å². The van der Waals surface area contributed by atoms with E-state index in [4.69, 9.17) is 23.1 Å². The summed E-state index contributed by atoms with van der Waals surface area (Å²) in [5.74, 6) is 0.853. The molecule has 3 N–H and O–H groups in total. The summed E-state index contributed by atoms with van der Waals surface area (Å²) in [6.07, 6.45) is 0. The lowest BCUT2D eigenvalue weighted by molar-refractivity contribution is 0.414. The van der Waals surface area contributed by atoms with Crippen LogP contribution in [-0.2, 0) is 0 Å². The molecule has 0 radical (unpaired) electrons. The first-order valence-corrected chi connectivity index (χ1v) is 8.11. The number of hydrogen-bond acceptors (Lipinski definition) is 4. The monoisotopic (exact) mass is 373 g/mol. The average Bonchev–Trinajstić information content (AvgIpc) is 2.64. The molecule has 5 heteroatoms. The fourth-order valence-corrected chi connectivity index (χ4v) is 3.02. The van der Waals surface area contributed by atoms with E-state index in [1.165, 1.54) is 0 Å². The van der Waals surface area contributed by atoms with Crippen LogP contribution in [0.15, 0.2) is 66.7 Å². The van der Waals surface area contributed by atoms with Crippen molar-refractivity contribution in [1.29, 1.82) is 0 Å². The van der Waals surface area contributed by atoms with Gasteiger partial charge in [-0.3, -0.25) is 0 Å². The molecule has 130 valence electrons. The molecule has 3 rings (SSSR count). The van der Waals surface area contributed by atoms with Gasteiger partial charge in [0.1, 0.15) is 11.5 Å². The van der Waals surface area contributed by atoms with Gasteiger partial charge in [-0.1, -0.05) is 42.5 Å². The summed E-state index contributed by atoms with van der Waals surface area (Å²) in [5.41, 5.74) is 10.00. The Labute approximate surface area is 159 Å². The highest BCUT2D eigenvalue weighted by Crippen LogP contribution is 2.40. The van der Waals surface area contributed by atoms with Crippen molar-refractivity contribution in [2.24, 2.45) is 0 Å². The van der Waals surface area contributed by atoms with Gasteiger partial charge >= 0.3 is 0 Å². The topological polar surface area (TPSA) is 55.5 Å². The first-order chi connectivity index (χ1) is 11.6. The second-order valence-electron chi connectivity index (χ2n) is 5.55. The molecule has 0 fully saturated rings. The third-order valence-corrected chi connectivity index (χ3v) is 4.58. The number of aromatic hydroxyl groups is 1. The van der Waals surface area contributed by atoms with Crippen molar-refractivity contribution in [3.63, 3.8) is 0 Å². The lowest BCUT2D eigenvalue weighted by Gasteiger charge is -2.17. The lowest BCUT2D eigenvalue weighted by atomic mass is 9.96. The van der Waals surface area contributed by atoms with Crippen molar-refractivity contribution in [3.8, 4) is 22.6 Å². The van der Waals surface area contributed by atoms with Crippen molar-refractivity contribution in [1.82, 2.24) is 0 Å². The van der Waals surface area contributed by atoms with E-state index < -0.39 is 0 Å². The average molecular weight is 374 g/mol. The van der Waals surface area contributed by atoms with Gasteiger partial charge in [0.05, 0.1) is 18.0 Å². The summed E-state index contributed by atoms with van der Waals surface area (Å²) in [6.45, 7) is 0. The molecule has 3 aromatic carbocycles. The molecule has 1 unspecified atom stereocenters. The SMILES string of the molecule is COc1ccc(C(S)c2cc(-c3ccccc3)cc(N)c2O)cc1.Cl. The number of phenols is 1. The number of benzene rings is 3. The smallest absolute Gasteiger partial charge is 0.143 e. The molecule has 0 aliphatic heterocycles. The van der Waals surface area contributed by atoms with Gasteiger partial charge in [-0.25, -0.2) is 0 Å². The van der Waals surface area contributed by atoms with Crippen LogP contribution in [0, 0.1) is 0 Å². The third kappa shape index (κ3) is 4.03. The van der Waals surface area contributed by atoms with Gasteiger partial charge < -0.3 is 15.6 Å². The molecule has 25 heavy (non-hydrogen) atoms. The molecular weight excluding hydrogens is 354 g/mol. The fraction of sp³-hybridized carbons (Fsp3) is 0.100. The van der Waals surface area contributed by atoms with Crippen LogP contribution >= 0.6 is 25.0 Å². The molecule has 0 saturated carbocycles. The van der Waals surface area contributed by atoms with E-state index in [2.05, 4.69) is 0 Å². The van der Waals surface area contributed by atoms with Gasteiger partial charge in [0.2, 0.25) is 0 Å². The van der Waals surface area contributed by atoms with Crippen LogP contribution < -0.4 is 10.5 Å². The van der Waals surface area contributed by atoms with Crippen LogP contribution in [0.4, 0.5) is 5.69 Å². The third-order valence-electron chi connectivity index (χ3n) is 4.00. The van der Waals surface area contributed by atoms with Gasteiger partial charge in [-0.15, -0.1) is 12.4 Å². The highest BCUT2D eigenvalue weighted by Gasteiger charge is 2.17. The maximum Gasteiger partial charge on any atom is 0.143 e. The van der Waals surface area contributed by atoms with Gasteiger partial charge in [0, 0.05) is 5.56 Å². The fourth-order valence-electron chi connectivity index (χ4n) is 2.65. The summed E-state index contributed by atoms with van der Waals surface area (Å²) < 4.78 is 5.18. The van der Waals surface area contributed by atoms with E-state index in [-0.39, 0.29) is 23.4 Å². The predicted octanol–water partition coefficient (Wildman–Crippen LogP) is 5.09. The molecular formula is C20H20ClNO2S. The molecule has 0 saturated heterocycles. The summed E-state index contributed by atoms with van der Waals surface area (Å²) in [6, 6.07) is 21.3. The zero-order valence-corrected chi connectivity index (χ0v) is 15.4. The van der Waals surface area contributed by atoms with Gasteiger partial charge in [-0.2, -0.15) is 12.6 Å². The van der Waals surface area contributed by atoms with Crippen LogP contribution in [0.2, 0.25) is 0 Å². The van der Waals surface area contributed by atoms with Crippen molar-refractivity contribution in [2.75, 3.05) is 12.8 Å². The van der Waals surface area contributed by atoms with Crippen molar-refractivity contribution >= 4 is 30.7 Å². The van der Waals surface area contributed by atoms with E-state index in [0.717, 1.165) is 22.4 Å². The Morgan fingerprint density at radius 3 is 2.20 bits per heavy atom. The number of rotatable bonds is 4. The van der Waals surface area contributed by atoms with Crippen LogP contribution in [0.1, 0.15) is 16.4 Å². The molecule has 0 aliphatic rings. The number of hydrogen-bond donors (Lipinski definition) is 3. The Bertz CT molecular complexity index is 838. The minimum Gasteiger partial charge on any atom is -0.505 e. The number of thiol groups is 1. The first kappa shape index (κ1) is 19.0. The number of phenolic OH excluding ortho intramolecular Hbond substituents is 1. The number of anilines is 1. The largest absolute Gasteiger partial charge is 0.505 e. The maximum atomic E-state index is 10.4. The van der Waals surface area contributed by atoms with E-state index in [1.54, 1.807) is 13.2 Å². The Balaban J connectivity index is 0.00000225. The zero-order chi connectivity index (χ0) is 17.1. The number of nitrogens with two attached hydrogens (primary N) is 1. The lowest BCUT2D eigenvalue weighted by Crippen LogP contribution is -1.98. The Morgan fingerprint density at radius 1 is 0.960 bits per heavy atom. The summed E-state index contributed by atoms with van der Waals surface area (Å²) >= 11 is 4.69. The molecule has 3 nitrogen and oxygen atoms in total. The van der Waals surface area contributed by atoms with Gasteiger partial charge in [0.15, 0.2) is 0 Å². The van der Waals surface area contributed by atoms with Gasteiger partial charge in [0.25, 0.3) is 0 Å². The second-order valence-corrected chi connectivity index (χ2v) is 6.06. The van der Waals surface area contributed by atoms with Crippen LogP contribution in [0.5, 0.6) is 11.5 Å². The number of methoxy groups -OCH3 is 1. The van der Waals surface area contributed by atoms with Crippen molar-refractivity contribution in [2.45, 2.75) is 5.25 Å². The highest BCUT2D eigenvalue weighted by molar-refractivity contribution is 7.80. The molecule has 0 aliphatic carbocycles. The second kappa shape index (κ2) is 8.19. The molecule has 0 heterocycles. The van der Waals surface area contributed by atoms with Crippen LogP contribution in [0.3, 0.4) is 0 Å². The summed E-state index contributed by atoms with van der Waals surface area (Å²) in [4.78, 5) is 0. The molecule has 1 atom stereocenters. The molecule has 0 aromatic heterocycles. The molecule has 0 bridgehead atoms. The molecule has 0 amide bonds. The quantitative estimate of drug-likeness (QED) is 0.339. The Hall–Kier alpha value is -2.30. The zero-order valence-electron chi connectivity index (χ0n) is 13.7.